The number of hydrogen-bond acceptors (Lipinski definition) is 4. The molecule has 1 N–H and O–H groups in total. The topological polar surface area (TPSA) is 80.3 Å². The van der Waals surface area contributed by atoms with E-state index in [0.29, 0.717) is 43.7 Å². The molecule has 0 heterocycles. The summed E-state index contributed by atoms with van der Waals surface area (Å²) < 4.78 is 0. The van der Waals surface area contributed by atoms with Crippen LogP contribution in [0.4, 0.5) is 0 Å². The molecule has 4 aliphatic carbocycles. The van der Waals surface area contributed by atoms with Gasteiger partial charge in [-0.1, -0.05) is 20.8 Å². The van der Waals surface area contributed by atoms with Crippen molar-refractivity contribution in [1.82, 2.24) is 5.32 Å². The summed E-state index contributed by atoms with van der Waals surface area (Å²) in [5, 5.41) is 2.97. The zero-order chi connectivity index (χ0) is 23.4. The van der Waals surface area contributed by atoms with Crippen molar-refractivity contribution in [3.05, 3.63) is 0 Å². The maximum atomic E-state index is 13.8. The Hall–Kier alpha value is -1.52. The molecule has 4 aliphatic rings. The van der Waals surface area contributed by atoms with Crippen LogP contribution in [0.3, 0.4) is 0 Å². The number of carbonyl (C=O) groups excluding carboxylic acids is 4. The van der Waals surface area contributed by atoms with E-state index in [0.717, 1.165) is 25.7 Å². The van der Waals surface area contributed by atoms with Crippen molar-refractivity contribution in [2.45, 2.75) is 98.4 Å². The van der Waals surface area contributed by atoms with Gasteiger partial charge in [0.05, 0.1) is 0 Å². The van der Waals surface area contributed by atoms with E-state index < -0.39 is 5.41 Å². The summed E-state index contributed by atoms with van der Waals surface area (Å²) in [5.74, 6) is 1.80. The highest BCUT2D eigenvalue weighted by atomic mass is 16.2. The van der Waals surface area contributed by atoms with Crippen molar-refractivity contribution in [3.63, 3.8) is 0 Å². The molecule has 4 rings (SSSR count). The van der Waals surface area contributed by atoms with Gasteiger partial charge in [-0.05, 0) is 74.5 Å². The summed E-state index contributed by atoms with van der Waals surface area (Å²) in [4.78, 5) is 51.5. The van der Waals surface area contributed by atoms with E-state index in [9.17, 15) is 19.2 Å². The van der Waals surface area contributed by atoms with Crippen LogP contribution in [0.5, 0.6) is 0 Å². The Bertz CT molecular complexity index is 818. The highest BCUT2D eigenvalue weighted by Gasteiger charge is 2.66. The lowest BCUT2D eigenvalue weighted by molar-refractivity contribution is -0.166. The first-order chi connectivity index (χ1) is 15.0. The zero-order valence-corrected chi connectivity index (χ0v) is 20.5. The Morgan fingerprint density at radius 2 is 1.75 bits per heavy atom. The largest absolute Gasteiger partial charge is 0.354 e. The molecule has 178 valence electrons. The number of rotatable bonds is 5. The van der Waals surface area contributed by atoms with Crippen molar-refractivity contribution < 1.29 is 19.2 Å². The van der Waals surface area contributed by atoms with E-state index in [-0.39, 0.29) is 58.7 Å². The van der Waals surface area contributed by atoms with E-state index in [1.54, 1.807) is 0 Å². The molecule has 0 aromatic rings. The molecule has 0 aromatic heterocycles. The fourth-order valence-electron chi connectivity index (χ4n) is 8.34. The lowest BCUT2D eigenvalue weighted by Crippen LogP contribution is -2.60. The molecule has 0 aliphatic heterocycles. The van der Waals surface area contributed by atoms with Crippen LogP contribution in [0.15, 0.2) is 0 Å². The molecule has 32 heavy (non-hydrogen) atoms. The number of amides is 1. The van der Waals surface area contributed by atoms with Crippen LogP contribution in [0.1, 0.15) is 92.4 Å². The minimum atomic E-state index is -0.460. The van der Waals surface area contributed by atoms with Gasteiger partial charge in [0, 0.05) is 49.5 Å². The molecule has 0 spiro atoms. The summed E-state index contributed by atoms with van der Waals surface area (Å²) in [5.41, 5.74) is -0.527. The first kappa shape index (κ1) is 23.6. The minimum absolute atomic E-state index is 0.0337. The second-order valence-electron chi connectivity index (χ2n) is 12.2. The van der Waals surface area contributed by atoms with Gasteiger partial charge in [0.1, 0.15) is 17.3 Å². The van der Waals surface area contributed by atoms with Crippen LogP contribution in [-0.2, 0) is 19.2 Å². The van der Waals surface area contributed by atoms with Crippen LogP contribution in [0.25, 0.3) is 0 Å². The number of hydrogen-bond donors (Lipinski definition) is 1. The van der Waals surface area contributed by atoms with Gasteiger partial charge < -0.3 is 5.32 Å². The zero-order valence-electron chi connectivity index (χ0n) is 20.5. The van der Waals surface area contributed by atoms with E-state index in [1.807, 2.05) is 13.8 Å². The molecule has 5 nitrogen and oxygen atoms in total. The normalized spacial score (nSPS) is 42.3. The summed E-state index contributed by atoms with van der Waals surface area (Å²) >= 11 is 0. The summed E-state index contributed by atoms with van der Waals surface area (Å²) in [6, 6.07) is 0.139. The molecule has 0 radical (unpaired) electrons. The number of carbonyl (C=O) groups is 4. The Kier molecular flexibility index (Phi) is 6.17. The quantitative estimate of drug-likeness (QED) is 0.678. The third kappa shape index (κ3) is 3.68. The van der Waals surface area contributed by atoms with Crippen molar-refractivity contribution in [2.75, 3.05) is 0 Å². The van der Waals surface area contributed by atoms with Gasteiger partial charge in [0.2, 0.25) is 5.91 Å². The average molecular weight is 444 g/mol. The van der Waals surface area contributed by atoms with Crippen molar-refractivity contribution in [1.29, 1.82) is 0 Å². The second kappa shape index (κ2) is 8.36. The fourth-order valence-corrected chi connectivity index (χ4v) is 8.34. The summed E-state index contributed by atoms with van der Waals surface area (Å²) in [7, 11) is 0. The monoisotopic (exact) mass is 443 g/mol. The highest BCUT2D eigenvalue weighted by molar-refractivity contribution is 5.93. The van der Waals surface area contributed by atoms with Gasteiger partial charge >= 0.3 is 0 Å². The van der Waals surface area contributed by atoms with E-state index >= 15 is 0 Å². The molecular formula is C27H41NO4. The maximum Gasteiger partial charge on any atom is 0.220 e. The molecule has 4 fully saturated rings. The van der Waals surface area contributed by atoms with E-state index in [2.05, 4.69) is 26.1 Å². The maximum absolute atomic E-state index is 13.8. The van der Waals surface area contributed by atoms with Gasteiger partial charge in [-0.3, -0.25) is 19.2 Å². The molecule has 1 amide bonds. The van der Waals surface area contributed by atoms with Gasteiger partial charge in [0.25, 0.3) is 0 Å². The first-order valence-electron chi connectivity index (χ1n) is 12.9. The predicted molar refractivity (Wildman–Crippen MR) is 123 cm³/mol. The highest BCUT2D eigenvalue weighted by Crippen LogP contribution is 2.66. The molecule has 8 atom stereocenters. The SMILES string of the molecule is CC(C)NC(=O)CC[C@H](C)[C@@H]1CC[C@@H]2[C@H]3C(=O)C[C@H]4CC(=O)CC[C@@]4(C)[C@@H]3CC(=O)[C@]21C. The number of fused-ring (bicyclic) bond motifs is 5. The third-order valence-corrected chi connectivity index (χ3v) is 10.2. The standard InChI is InChI=1S/C27H41NO4/c1-15(2)28-24(32)9-6-16(3)19-7-8-20-25-21(14-23(31)27(19,20)5)26(4)11-10-18(29)12-17(26)13-22(25)30/h15-17,19-21,25H,6-14H2,1-5H3,(H,28,32)/t16-,17+,19-,20+,21+,25+,26+,27-/m0/s1. The van der Waals surface area contributed by atoms with Crippen LogP contribution in [0.2, 0.25) is 0 Å². The molecule has 0 bridgehead atoms. The molecule has 5 heteroatoms. The first-order valence-corrected chi connectivity index (χ1v) is 12.9. The fraction of sp³-hybridized carbons (Fsp3) is 0.852. The molecule has 0 unspecified atom stereocenters. The van der Waals surface area contributed by atoms with Gasteiger partial charge in [-0.15, -0.1) is 0 Å². The third-order valence-electron chi connectivity index (χ3n) is 10.2. The van der Waals surface area contributed by atoms with Crippen LogP contribution in [0, 0.1) is 46.3 Å². The molecular weight excluding hydrogens is 402 g/mol. The number of Topliss-reactive ketones (excluding diaryl/α,β-unsaturated/α-hetero) is 3. The number of ketones is 3. The predicted octanol–water partition coefficient (Wildman–Crippen LogP) is 4.51. The van der Waals surface area contributed by atoms with E-state index in [4.69, 9.17) is 0 Å². The Morgan fingerprint density at radius 3 is 2.44 bits per heavy atom. The van der Waals surface area contributed by atoms with E-state index in [1.165, 1.54) is 0 Å². The van der Waals surface area contributed by atoms with Crippen LogP contribution in [-0.4, -0.2) is 29.3 Å². The lowest BCUT2D eigenvalue weighted by Gasteiger charge is -2.58. The Balaban J connectivity index is 1.54. The summed E-state index contributed by atoms with van der Waals surface area (Å²) in [6.07, 6.45) is 6.11. The van der Waals surface area contributed by atoms with Gasteiger partial charge in [-0.25, -0.2) is 0 Å². The Labute approximate surface area is 192 Å². The van der Waals surface area contributed by atoms with Crippen LogP contribution < -0.4 is 5.32 Å². The smallest absolute Gasteiger partial charge is 0.220 e. The van der Waals surface area contributed by atoms with Gasteiger partial charge in [-0.2, -0.15) is 0 Å². The average Bonchev–Trinajstić information content (AvgIpc) is 3.06. The summed E-state index contributed by atoms with van der Waals surface area (Å²) in [6.45, 7) is 10.5. The second-order valence-corrected chi connectivity index (χ2v) is 12.2. The van der Waals surface area contributed by atoms with Gasteiger partial charge in [0.15, 0.2) is 0 Å². The van der Waals surface area contributed by atoms with Crippen molar-refractivity contribution in [2.24, 2.45) is 46.3 Å². The molecule has 4 saturated carbocycles. The Morgan fingerprint density at radius 1 is 1.03 bits per heavy atom. The molecule has 0 aromatic carbocycles. The van der Waals surface area contributed by atoms with Crippen molar-refractivity contribution in [3.8, 4) is 0 Å². The lowest BCUT2D eigenvalue weighted by atomic mass is 9.44. The minimum Gasteiger partial charge on any atom is -0.354 e. The van der Waals surface area contributed by atoms with Crippen LogP contribution >= 0.6 is 0 Å². The van der Waals surface area contributed by atoms with Crippen molar-refractivity contribution >= 4 is 23.3 Å². The molecule has 0 saturated heterocycles. The number of nitrogens with one attached hydrogen (secondary N) is 1.